The normalized spacial score (nSPS) is 16.8. The lowest BCUT2D eigenvalue weighted by Crippen LogP contribution is -2.58. The van der Waals surface area contributed by atoms with Crippen LogP contribution in [0.3, 0.4) is 0 Å². The van der Waals surface area contributed by atoms with E-state index in [1.807, 2.05) is 0 Å². The van der Waals surface area contributed by atoms with E-state index in [2.05, 4.69) is 36.6 Å². The third kappa shape index (κ3) is 14.7. The average molecular weight is 613 g/mol. The van der Waals surface area contributed by atoms with E-state index in [1.54, 1.807) is 0 Å². The van der Waals surface area contributed by atoms with Crippen molar-refractivity contribution < 1.29 is 33.9 Å². The van der Waals surface area contributed by atoms with E-state index in [1.165, 1.54) is 6.92 Å². The van der Waals surface area contributed by atoms with E-state index in [4.69, 9.17) is 28.7 Å². The van der Waals surface area contributed by atoms with Crippen molar-refractivity contribution in [3.8, 4) is 0 Å². The number of carboxylic acids is 1. The Balaban J connectivity index is 2.88. The molecule has 1 rings (SSSR count). The summed E-state index contributed by atoms with van der Waals surface area (Å²) < 4.78 is 0. The fourth-order valence-corrected chi connectivity index (χ4v) is 4.07. The van der Waals surface area contributed by atoms with Gasteiger partial charge in [0.25, 0.3) is 0 Å². The van der Waals surface area contributed by atoms with Crippen LogP contribution >= 0.6 is 0 Å². The highest BCUT2D eigenvalue weighted by atomic mass is 16.4. The van der Waals surface area contributed by atoms with Gasteiger partial charge in [-0.1, -0.05) is 0 Å². The fourth-order valence-electron chi connectivity index (χ4n) is 4.07. The first-order valence-corrected chi connectivity index (χ1v) is 13.8. The smallest absolute Gasteiger partial charge is 0.326 e. The predicted molar refractivity (Wildman–Crippen MR) is 156 cm³/mol. The molecule has 43 heavy (non-hydrogen) atoms. The largest absolute Gasteiger partial charge is 0.480 e. The molecule has 0 spiro atoms. The van der Waals surface area contributed by atoms with Crippen LogP contribution in [0.15, 0.2) is 9.98 Å². The number of aliphatic carboxylic acids is 1. The van der Waals surface area contributed by atoms with Crippen LogP contribution < -0.4 is 55.3 Å². The van der Waals surface area contributed by atoms with Crippen molar-refractivity contribution in [1.29, 1.82) is 0 Å². The van der Waals surface area contributed by atoms with E-state index in [0.29, 0.717) is 19.4 Å². The zero-order chi connectivity index (χ0) is 32.5. The Bertz CT molecular complexity index is 1050. The van der Waals surface area contributed by atoms with Gasteiger partial charge in [0.15, 0.2) is 11.9 Å². The van der Waals surface area contributed by atoms with Gasteiger partial charge in [0, 0.05) is 13.1 Å². The molecule has 1 aliphatic rings. The summed E-state index contributed by atoms with van der Waals surface area (Å²) in [5, 5.41) is 22.2. The van der Waals surface area contributed by atoms with Gasteiger partial charge in [-0.3, -0.25) is 34.0 Å². The van der Waals surface area contributed by atoms with Gasteiger partial charge in [-0.2, -0.15) is 0 Å². The topological polar surface area (TPSA) is 338 Å². The van der Waals surface area contributed by atoms with Gasteiger partial charge in [0.1, 0.15) is 24.2 Å². The highest BCUT2D eigenvalue weighted by Crippen LogP contribution is 2.07. The molecule has 16 N–H and O–H groups in total. The number of carbonyl (C=O) groups excluding carboxylic acids is 5. The first-order valence-electron chi connectivity index (χ1n) is 13.8. The summed E-state index contributed by atoms with van der Waals surface area (Å²) in [6.07, 6.45) is 1.43. The number of aliphatic imine (C=N–C) groups is 2. The van der Waals surface area contributed by atoms with Crippen LogP contribution in [0.4, 0.5) is 0 Å². The van der Waals surface area contributed by atoms with Gasteiger partial charge in [0.05, 0.1) is 12.5 Å². The van der Waals surface area contributed by atoms with Gasteiger partial charge in [0.2, 0.25) is 29.5 Å². The van der Waals surface area contributed by atoms with Crippen molar-refractivity contribution in [2.45, 2.75) is 82.1 Å². The molecule has 1 saturated heterocycles. The third-order valence-corrected chi connectivity index (χ3v) is 6.31. The highest BCUT2D eigenvalue weighted by Gasteiger charge is 2.31. The molecule has 1 heterocycles. The number of nitrogens with zero attached hydrogens (tertiary/aromatic N) is 2. The molecule has 5 amide bonds. The molecule has 5 atom stereocenters. The van der Waals surface area contributed by atoms with Crippen LogP contribution in [0.5, 0.6) is 0 Å². The molecular weight excluding hydrogens is 568 g/mol. The Morgan fingerprint density at radius 3 is 1.81 bits per heavy atom. The van der Waals surface area contributed by atoms with Crippen molar-refractivity contribution >= 4 is 47.4 Å². The number of nitrogens with one attached hydrogen (secondary N) is 5. The molecule has 242 valence electrons. The Hall–Kier alpha value is -4.68. The SMILES string of the molecule is C[C@H](NC(=O)[C@H](CCCN=C(N)N)NC(=O)[C@@H]1CCCN1)C(=O)N[C@@H](CC(N)=O)C(=O)N[C@@H](CCCN=C(N)N)C(=O)O. The van der Waals surface area contributed by atoms with Crippen molar-refractivity contribution in [3.63, 3.8) is 0 Å². The number of hydrogen-bond acceptors (Lipinski definition) is 9. The van der Waals surface area contributed by atoms with Crippen molar-refractivity contribution in [3.05, 3.63) is 0 Å². The van der Waals surface area contributed by atoms with Crippen LogP contribution in [0, 0.1) is 0 Å². The lowest BCUT2D eigenvalue weighted by atomic mass is 10.1. The molecule has 0 saturated carbocycles. The quantitative estimate of drug-likeness (QED) is 0.0370. The maximum atomic E-state index is 13.1. The standard InChI is InChI=1S/C24H44N12O7/c1-12(33-20(40)14(6-3-9-31-23(26)27)34-19(39)13-5-2-8-30-13)18(38)36-16(11-17(25)37)21(41)35-15(22(42)43)7-4-10-32-24(28)29/h12-16,30H,2-11H2,1H3,(H2,25,37)(H,33,40)(H,34,39)(H,35,41)(H,36,38)(H,42,43)(H4,26,27,31)(H4,28,29,32)/t12-,13-,14-,15-,16-/m0/s1. The summed E-state index contributed by atoms with van der Waals surface area (Å²) >= 11 is 0. The van der Waals surface area contributed by atoms with Crippen LogP contribution in [-0.4, -0.2) is 102 Å². The lowest BCUT2D eigenvalue weighted by Gasteiger charge is -2.24. The summed E-state index contributed by atoms with van der Waals surface area (Å²) in [6, 6.07) is -5.62. The number of carbonyl (C=O) groups is 6. The average Bonchev–Trinajstić information content (AvgIpc) is 3.46. The van der Waals surface area contributed by atoms with Crippen molar-refractivity contribution in [1.82, 2.24) is 26.6 Å². The van der Waals surface area contributed by atoms with E-state index < -0.39 is 66.2 Å². The highest BCUT2D eigenvalue weighted by molar-refractivity contribution is 5.96. The first-order chi connectivity index (χ1) is 20.2. The van der Waals surface area contributed by atoms with E-state index in [9.17, 15) is 33.9 Å². The minimum Gasteiger partial charge on any atom is -0.480 e. The van der Waals surface area contributed by atoms with E-state index in [0.717, 1.165) is 6.42 Å². The van der Waals surface area contributed by atoms with Gasteiger partial charge in [-0.15, -0.1) is 0 Å². The minimum atomic E-state index is -1.53. The van der Waals surface area contributed by atoms with Gasteiger partial charge >= 0.3 is 5.97 Å². The molecular formula is C24H44N12O7. The summed E-state index contributed by atoms with van der Waals surface area (Å²) in [6.45, 7) is 2.32. The number of nitrogens with two attached hydrogens (primary N) is 5. The van der Waals surface area contributed by atoms with Crippen molar-refractivity contribution in [2.24, 2.45) is 38.7 Å². The molecule has 19 heteroatoms. The van der Waals surface area contributed by atoms with Crippen molar-refractivity contribution in [2.75, 3.05) is 19.6 Å². The maximum absolute atomic E-state index is 13.1. The second-order valence-corrected chi connectivity index (χ2v) is 9.97. The van der Waals surface area contributed by atoms with Crippen LogP contribution in [0.25, 0.3) is 0 Å². The molecule has 0 aromatic rings. The number of guanidine groups is 2. The zero-order valence-corrected chi connectivity index (χ0v) is 24.1. The van der Waals surface area contributed by atoms with E-state index >= 15 is 0 Å². The second kappa shape index (κ2) is 18.7. The van der Waals surface area contributed by atoms with Gasteiger partial charge < -0.3 is 60.4 Å². The number of primary amides is 1. The lowest BCUT2D eigenvalue weighted by molar-refractivity contribution is -0.142. The monoisotopic (exact) mass is 612 g/mol. The molecule has 0 radical (unpaired) electrons. The minimum absolute atomic E-state index is 0.0474. The summed E-state index contributed by atoms with van der Waals surface area (Å²) in [4.78, 5) is 82.3. The number of hydrogen-bond donors (Lipinski definition) is 11. The van der Waals surface area contributed by atoms with Crippen LogP contribution in [0.2, 0.25) is 0 Å². The number of carboxylic acid groups (broad SMARTS) is 1. The first kappa shape index (κ1) is 36.3. The molecule has 1 fully saturated rings. The van der Waals surface area contributed by atoms with Crippen LogP contribution in [0.1, 0.15) is 51.9 Å². The molecule has 0 aromatic heterocycles. The number of rotatable bonds is 19. The molecule has 19 nitrogen and oxygen atoms in total. The summed E-state index contributed by atoms with van der Waals surface area (Å²) in [7, 11) is 0. The molecule has 0 unspecified atom stereocenters. The van der Waals surface area contributed by atoms with Gasteiger partial charge in [-0.05, 0) is 52.0 Å². The third-order valence-electron chi connectivity index (χ3n) is 6.31. The molecule has 1 aliphatic heterocycles. The van der Waals surface area contributed by atoms with E-state index in [-0.39, 0.29) is 50.2 Å². The Kier molecular flexibility index (Phi) is 15.8. The molecule has 0 bridgehead atoms. The predicted octanol–water partition coefficient (Wildman–Crippen LogP) is -5.24. The maximum Gasteiger partial charge on any atom is 0.326 e. The molecule has 0 aliphatic carbocycles. The number of amides is 5. The van der Waals surface area contributed by atoms with Gasteiger partial charge in [-0.25, -0.2) is 4.79 Å². The Morgan fingerprint density at radius 1 is 0.791 bits per heavy atom. The van der Waals surface area contributed by atoms with Crippen LogP contribution in [-0.2, 0) is 28.8 Å². The second-order valence-electron chi connectivity index (χ2n) is 9.97. The fraction of sp³-hybridized carbons (Fsp3) is 0.667. The molecule has 0 aromatic carbocycles. The Morgan fingerprint density at radius 2 is 1.33 bits per heavy atom. The Labute approximate surface area is 248 Å². The summed E-state index contributed by atoms with van der Waals surface area (Å²) in [5.41, 5.74) is 26.4. The zero-order valence-electron chi connectivity index (χ0n) is 24.1. The summed E-state index contributed by atoms with van der Waals surface area (Å²) in [5.74, 6) is -5.49.